The van der Waals surface area contributed by atoms with Gasteiger partial charge in [-0.15, -0.1) is 0 Å². The maximum absolute atomic E-state index is 12.2. The molecule has 1 saturated heterocycles. The van der Waals surface area contributed by atoms with E-state index in [-0.39, 0.29) is 29.2 Å². The van der Waals surface area contributed by atoms with Gasteiger partial charge in [0.2, 0.25) is 11.8 Å². The van der Waals surface area contributed by atoms with Gasteiger partial charge < -0.3 is 9.80 Å². The van der Waals surface area contributed by atoms with Crippen molar-refractivity contribution in [3.63, 3.8) is 0 Å². The third kappa shape index (κ3) is 3.95. The Hall–Kier alpha value is -1.06. The fourth-order valence-corrected chi connectivity index (χ4v) is 2.35. The van der Waals surface area contributed by atoms with E-state index >= 15 is 0 Å². The lowest BCUT2D eigenvalue weighted by Gasteiger charge is -2.36. The van der Waals surface area contributed by atoms with Crippen LogP contribution in [0, 0.1) is 11.3 Å². The molecule has 0 bridgehead atoms. The molecule has 2 amide bonds. The van der Waals surface area contributed by atoms with E-state index in [0.717, 1.165) is 12.8 Å². The number of carbonyl (C=O) groups excluding carboxylic acids is 2. The van der Waals surface area contributed by atoms with E-state index in [2.05, 4.69) is 0 Å². The minimum Gasteiger partial charge on any atom is -0.343 e. The number of hydrogen-bond acceptors (Lipinski definition) is 2. The number of likely N-dealkylation sites (tertiary alicyclic amines) is 1. The molecule has 0 saturated carbocycles. The molecule has 1 heterocycles. The Balaban J connectivity index is 2.54. The van der Waals surface area contributed by atoms with Crippen LogP contribution in [0.2, 0.25) is 0 Å². The van der Waals surface area contributed by atoms with Gasteiger partial charge in [-0.05, 0) is 26.7 Å². The van der Waals surface area contributed by atoms with Crippen LogP contribution >= 0.6 is 0 Å². The van der Waals surface area contributed by atoms with E-state index in [4.69, 9.17) is 0 Å². The van der Waals surface area contributed by atoms with Crippen LogP contribution < -0.4 is 0 Å². The van der Waals surface area contributed by atoms with E-state index in [1.165, 1.54) is 0 Å². The number of nitrogens with zero attached hydrogens (tertiary/aromatic N) is 2. The van der Waals surface area contributed by atoms with Crippen LogP contribution in [0.4, 0.5) is 0 Å². The third-order valence-corrected chi connectivity index (χ3v) is 3.90. The zero-order valence-corrected chi connectivity index (χ0v) is 13.2. The van der Waals surface area contributed by atoms with Crippen molar-refractivity contribution in [1.82, 2.24) is 9.80 Å². The summed E-state index contributed by atoms with van der Waals surface area (Å²) in [5.41, 5.74) is -0.328. The predicted octanol–water partition coefficient (Wildman–Crippen LogP) is 2.14. The molecule has 1 rings (SSSR count). The van der Waals surface area contributed by atoms with Crippen molar-refractivity contribution < 1.29 is 9.59 Å². The maximum Gasteiger partial charge on any atom is 0.227 e. The molecule has 1 aliphatic heterocycles. The molecule has 0 aromatic carbocycles. The van der Waals surface area contributed by atoms with Gasteiger partial charge in [-0.25, -0.2) is 0 Å². The Morgan fingerprint density at radius 1 is 1.16 bits per heavy atom. The van der Waals surface area contributed by atoms with Gasteiger partial charge in [0.1, 0.15) is 0 Å². The van der Waals surface area contributed by atoms with E-state index < -0.39 is 0 Å². The van der Waals surface area contributed by atoms with Crippen molar-refractivity contribution in [1.29, 1.82) is 0 Å². The van der Waals surface area contributed by atoms with Gasteiger partial charge in [0, 0.05) is 37.5 Å². The molecule has 0 radical (unpaired) electrons. The molecule has 0 aliphatic carbocycles. The van der Waals surface area contributed by atoms with E-state index in [1.54, 1.807) is 0 Å². The average Bonchev–Trinajstić information content (AvgIpc) is 2.35. The summed E-state index contributed by atoms with van der Waals surface area (Å²) in [5.74, 6) is 0.491. The smallest absolute Gasteiger partial charge is 0.227 e. The van der Waals surface area contributed by atoms with Crippen molar-refractivity contribution in [3.8, 4) is 0 Å². The highest BCUT2D eigenvalue weighted by atomic mass is 16.2. The Morgan fingerprint density at radius 3 is 2.00 bits per heavy atom. The van der Waals surface area contributed by atoms with Gasteiger partial charge in [-0.1, -0.05) is 20.8 Å². The van der Waals surface area contributed by atoms with E-state index in [1.807, 2.05) is 51.5 Å². The summed E-state index contributed by atoms with van der Waals surface area (Å²) in [7, 11) is 1.86. The molecule has 0 N–H and O–H groups in total. The minimum atomic E-state index is -0.328. The van der Waals surface area contributed by atoms with Gasteiger partial charge in [0.25, 0.3) is 0 Å². The molecule has 19 heavy (non-hydrogen) atoms. The Bertz CT molecular complexity index is 337. The van der Waals surface area contributed by atoms with Gasteiger partial charge in [0.15, 0.2) is 0 Å². The highest BCUT2D eigenvalue weighted by molar-refractivity contribution is 5.82. The SMILES string of the molecule is CC(C)N(C)C(=O)C1CCN(C(=O)C(C)(C)C)CC1. The summed E-state index contributed by atoms with van der Waals surface area (Å²) in [6.45, 7) is 11.3. The third-order valence-electron chi connectivity index (χ3n) is 3.90. The van der Waals surface area contributed by atoms with Crippen molar-refractivity contribution in [2.45, 2.75) is 53.5 Å². The second kappa shape index (κ2) is 5.93. The van der Waals surface area contributed by atoms with Crippen LogP contribution in [0.1, 0.15) is 47.5 Å². The molecule has 4 nitrogen and oxygen atoms in total. The molecule has 1 aliphatic rings. The highest BCUT2D eigenvalue weighted by Gasteiger charge is 2.33. The summed E-state index contributed by atoms with van der Waals surface area (Å²) in [4.78, 5) is 28.1. The minimum absolute atomic E-state index is 0.0800. The second-order valence-corrected chi connectivity index (χ2v) is 6.86. The number of piperidine rings is 1. The molecular formula is C15H28N2O2. The fraction of sp³-hybridized carbons (Fsp3) is 0.867. The van der Waals surface area contributed by atoms with Gasteiger partial charge in [0.05, 0.1) is 0 Å². The van der Waals surface area contributed by atoms with Crippen molar-refractivity contribution in [3.05, 3.63) is 0 Å². The van der Waals surface area contributed by atoms with E-state index in [0.29, 0.717) is 13.1 Å². The first-order valence-corrected chi connectivity index (χ1v) is 7.20. The predicted molar refractivity (Wildman–Crippen MR) is 76.7 cm³/mol. The number of rotatable bonds is 2. The quantitative estimate of drug-likeness (QED) is 0.770. The summed E-state index contributed by atoms with van der Waals surface area (Å²) in [6, 6.07) is 0.238. The average molecular weight is 268 g/mol. The maximum atomic E-state index is 12.2. The number of amides is 2. The molecule has 0 aromatic heterocycles. The summed E-state index contributed by atoms with van der Waals surface area (Å²) in [5, 5.41) is 0. The lowest BCUT2D eigenvalue weighted by atomic mass is 9.90. The monoisotopic (exact) mass is 268 g/mol. The first kappa shape index (κ1) is 16.0. The van der Waals surface area contributed by atoms with Crippen molar-refractivity contribution in [2.24, 2.45) is 11.3 Å². The van der Waals surface area contributed by atoms with Gasteiger partial charge in [-0.2, -0.15) is 0 Å². The summed E-state index contributed by atoms with van der Waals surface area (Å²) < 4.78 is 0. The zero-order chi connectivity index (χ0) is 14.8. The topological polar surface area (TPSA) is 40.6 Å². The second-order valence-electron chi connectivity index (χ2n) is 6.86. The molecule has 4 heteroatoms. The number of carbonyl (C=O) groups is 2. The molecule has 110 valence electrons. The summed E-state index contributed by atoms with van der Waals surface area (Å²) in [6.07, 6.45) is 1.58. The van der Waals surface area contributed by atoms with Gasteiger partial charge in [-0.3, -0.25) is 9.59 Å². The molecule has 0 unspecified atom stereocenters. The lowest BCUT2D eigenvalue weighted by molar-refractivity contribution is -0.145. The molecule has 0 atom stereocenters. The van der Waals surface area contributed by atoms with Crippen LogP contribution in [-0.4, -0.2) is 47.8 Å². The van der Waals surface area contributed by atoms with Crippen LogP contribution in [0.3, 0.4) is 0 Å². The Labute approximate surface area is 117 Å². The van der Waals surface area contributed by atoms with Crippen LogP contribution in [-0.2, 0) is 9.59 Å². The Kier molecular flexibility index (Phi) is 4.99. The van der Waals surface area contributed by atoms with Gasteiger partial charge >= 0.3 is 0 Å². The van der Waals surface area contributed by atoms with Crippen molar-refractivity contribution >= 4 is 11.8 Å². The van der Waals surface area contributed by atoms with Crippen LogP contribution in [0.15, 0.2) is 0 Å². The lowest BCUT2D eigenvalue weighted by Crippen LogP contribution is -2.47. The molecular weight excluding hydrogens is 240 g/mol. The summed E-state index contributed by atoms with van der Waals surface area (Å²) >= 11 is 0. The number of hydrogen-bond donors (Lipinski definition) is 0. The highest BCUT2D eigenvalue weighted by Crippen LogP contribution is 2.24. The standard InChI is InChI=1S/C15H28N2O2/c1-11(2)16(6)13(18)12-7-9-17(10-8-12)14(19)15(3,4)5/h11-12H,7-10H2,1-6H3. The van der Waals surface area contributed by atoms with E-state index in [9.17, 15) is 9.59 Å². The molecule has 0 aromatic rings. The zero-order valence-electron chi connectivity index (χ0n) is 13.2. The first-order valence-electron chi connectivity index (χ1n) is 7.20. The largest absolute Gasteiger partial charge is 0.343 e. The normalized spacial score (nSPS) is 17.7. The molecule has 1 fully saturated rings. The molecule has 0 spiro atoms. The van der Waals surface area contributed by atoms with Crippen LogP contribution in [0.25, 0.3) is 0 Å². The van der Waals surface area contributed by atoms with Crippen LogP contribution in [0.5, 0.6) is 0 Å². The fourth-order valence-electron chi connectivity index (χ4n) is 2.35. The Morgan fingerprint density at radius 2 is 1.63 bits per heavy atom. The first-order chi connectivity index (χ1) is 8.64. The van der Waals surface area contributed by atoms with Crippen molar-refractivity contribution in [2.75, 3.05) is 20.1 Å².